The molecule has 1 unspecified atom stereocenters. The summed E-state index contributed by atoms with van der Waals surface area (Å²) >= 11 is 0. The highest BCUT2D eigenvalue weighted by Crippen LogP contribution is 2.39. The van der Waals surface area contributed by atoms with Gasteiger partial charge in [-0.3, -0.25) is 14.0 Å². The van der Waals surface area contributed by atoms with Crippen molar-refractivity contribution in [2.45, 2.75) is 19.4 Å². The smallest absolute Gasteiger partial charge is 0.250 e. The van der Waals surface area contributed by atoms with E-state index in [1.807, 2.05) is 66.2 Å². The fraction of sp³-hybridized carbons (Fsp3) is 0.227. The van der Waals surface area contributed by atoms with Crippen LogP contribution in [0.15, 0.2) is 61.3 Å². The topological polar surface area (TPSA) is 85.0 Å². The van der Waals surface area contributed by atoms with Crippen LogP contribution < -0.4 is 9.80 Å². The Morgan fingerprint density at radius 1 is 1.06 bits per heavy atom. The molecule has 0 aliphatic carbocycles. The number of benzene rings is 1. The van der Waals surface area contributed by atoms with Gasteiger partial charge in [0.2, 0.25) is 11.9 Å². The van der Waals surface area contributed by atoms with E-state index in [1.165, 1.54) is 0 Å². The van der Waals surface area contributed by atoms with E-state index in [9.17, 15) is 4.79 Å². The van der Waals surface area contributed by atoms with E-state index in [1.54, 1.807) is 35.2 Å². The maximum atomic E-state index is 13.0. The van der Waals surface area contributed by atoms with Crippen molar-refractivity contribution in [2.75, 3.05) is 16.8 Å². The number of carbonyl (C=O) groups excluding carboxylic acids is 1. The monoisotopic (exact) mass is 414 g/mol. The number of likely N-dealkylation sites (N-methyl/N-ethyl adjacent to an activating group) is 1. The van der Waals surface area contributed by atoms with Crippen molar-refractivity contribution in [3.8, 4) is 17.3 Å². The van der Waals surface area contributed by atoms with Gasteiger partial charge >= 0.3 is 0 Å². The summed E-state index contributed by atoms with van der Waals surface area (Å²) in [5.74, 6) is 1.91. The third-order valence-corrected chi connectivity index (χ3v) is 5.50. The Labute approximate surface area is 179 Å². The minimum atomic E-state index is -0.374. The van der Waals surface area contributed by atoms with E-state index >= 15 is 0 Å². The van der Waals surface area contributed by atoms with Crippen molar-refractivity contribution in [3.63, 3.8) is 0 Å². The molecule has 1 atom stereocenters. The number of imidazole rings is 1. The van der Waals surface area contributed by atoms with Crippen LogP contribution in [0.1, 0.15) is 13.3 Å². The Balaban J connectivity index is 1.68. The number of hydrogen-bond acceptors (Lipinski definition) is 6. The molecule has 9 heteroatoms. The molecule has 1 amide bonds. The second-order valence-electron chi connectivity index (χ2n) is 7.43. The van der Waals surface area contributed by atoms with E-state index in [4.69, 9.17) is 4.98 Å². The number of anilines is 3. The molecule has 0 N–H and O–H groups in total. The molecule has 3 aromatic heterocycles. The summed E-state index contributed by atoms with van der Waals surface area (Å²) in [6.45, 7) is 2.00. The lowest BCUT2D eigenvalue weighted by molar-refractivity contribution is -0.119. The molecule has 9 nitrogen and oxygen atoms in total. The zero-order valence-electron chi connectivity index (χ0n) is 17.5. The number of aryl methyl sites for hydroxylation is 1. The summed E-state index contributed by atoms with van der Waals surface area (Å²) in [7, 11) is 3.62. The van der Waals surface area contributed by atoms with Gasteiger partial charge in [-0.2, -0.15) is 10.1 Å². The second-order valence-corrected chi connectivity index (χ2v) is 7.43. The molecular formula is C22H22N8O. The Hall–Kier alpha value is -4.01. The van der Waals surface area contributed by atoms with E-state index in [0.717, 1.165) is 17.1 Å². The quantitative estimate of drug-likeness (QED) is 0.510. The molecule has 0 fully saturated rings. The SMILES string of the molecule is CCC1C(=O)N(C)c2cnc(-n3ccnc3-c3ccccc3)nc2N1c1cnn(C)c1. The molecular weight excluding hydrogens is 392 g/mol. The van der Waals surface area contributed by atoms with Gasteiger partial charge in [-0.05, 0) is 6.42 Å². The minimum Gasteiger partial charge on any atom is -0.309 e. The van der Waals surface area contributed by atoms with Gasteiger partial charge in [-0.15, -0.1) is 0 Å². The predicted octanol–water partition coefficient (Wildman–Crippen LogP) is 2.96. The molecule has 0 radical (unpaired) electrons. The molecule has 1 aromatic carbocycles. The summed E-state index contributed by atoms with van der Waals surface area (Å²) in [5.41, 5.74) is 2.44. The van der Waals surface area contributed by atoms with Gasteiger partial charge in [-0.25, -0.2) is 9.97 Å². The number of hydrogen-bond donors (Lipinski definition) is 0. The Bertz CT molecular complexity index is 1250. The Morgan fingerprint density at radius 3 is 2.58 bits per heavy atom. The van der Waals surface area contributed by atoms with Crippen LogP contribution in [0.4, 0.5) is 17.2 Å². The Morgan fingerprint density at radius 2 is 1.87 bits per heavy atom. The van der Waals surface area contributed by atoms with Gasteiger partial charge in [0.1, 0.15) is 17.6 Å². The van der Waals surface area contributed by atoms with Gasteiger partial charge in [-0.1, -0.05) is 37.3 Å². The van der Waals surface area contributed by atoms with Crippen molar-refractivity contribution in [1.82, 2.24) is 29.3 Å². The van der Waals surface area contributed by atoms with Crippen molar-refractivity contribution in [1.29, 1.82) is 0 Å². The molecule has 1 aliphatic rings. The third kappa shape index (κ3) is 3.05. The van der Waals surface area contributed by atoms with Gasteiger partial charge in [0.05, 0.1) is 18.1 Å². The molecule has 1 aliphatic heterocycles. The van der Waals surface area contributed by atoms with Crippen LogP contribution in [0.5, 0.6) is 0 Å². The predicted molar refractivity (Wildman–Crippen MR) is 117 cm³/mol. The molecule has 4 heterocycles. The van der Waals surface area contributed by atoms with Crippen molar-refractivity contribution < 1.29 is 4.79 Å². The lowest BCUT2D eigenvalue weighted by Gasteiger charge is -2.39. The van der Waals surface area contributed by atoms with Crippen molar-refractivity contribution in [2.24, 2.45) is 7.05 Å². The van der Waals surface area contributed by atoms with Crippen LogP contribution >= 0.6 is 0 Å². The average molecular weight is 414 g/mol. The van der Waals surface area contributed by atoms with Gasteiger partial charge in [0.25, 0.3) is 0 Å². The number of nitrogens with zero attached hydrogens (tertiary/aromatic N) is 8. The van der Waals surface area contributed by atoms with E-state index in [2.05, 4.69) is 15.1 Å². The lowest BCUT2D eigenvalue weighted by Crippen LogP contribution is -2.50. The minimum absolute atomic E-state index is 0.00260. The molecule has 0 bridgehead atoms. The van der Waals surface area contributed by atoms with E-state index in [0.29, 0.717) is 23.9 Å². The van der Waals surface area contributed by atoms with E-state index < -0.39 is 0 Å². The fourth-order valence-corrected chi connectivity index (χ4v) is 3.95. The standard InChI is InChI=1S/C22H22N8O/c1-4-17-21(31)28(3)18-13-24-22(26-20(18)30(17)16-12-25-27(2)14-16)29-11-10-23-19(29)15-8-6-5-7-9-15/h5-14,17H,4H2,1-3H3. The molecule has 5 rings (SSSR count). The molecule has 0 spiro atoms. The number of amides is 1. The van der Waals surface area contributed by atoms with Crippen molar-refractivity contribution >= 4 is 23.1 Å². The summed E-state index contributed by atoms with van der Waals surface area (Å²) in [6.07, 6.45) is 9.54. The first kappa shape index (κ1) is 19.0. The maximum absolute atomic E-state index is 13.0. The molecule has 156 valence electrons. The first-order chi connectivity index (χ1) is 15.1. The molecule has 0 saturated heterocycles. The zero-order valence-corrected chi connectivity index (χ0v) is 17.5. The number of carbonyl (C=O) groups is 1. The fourth-order valence-electron chi connectivity index (χ4n) is 3.95. The Kier molecular flexibility index (Phi) is 4.50. The highest BCUT2D eigenvalue weighted by molar-refractivity contribution is 6.06. The van der Waals surface area contributed by atoms with Crippen molar-refractivity contribution in [3.05, 3.63) is 61.3 Å². The largest absolute Gasteiger partial charge is 0.309 e. The van der Waals surface area contributed by atoms with Gasteiger partial charge < -0.3 is 9.80 Å². The highest BCUT2D eigenvalue weighted by atomic mass is 16.2. The van der Waals surface area contributed by atoms with Crippen LogP contribution in [0.3, 0.4) is 0 Å². The second kappa shape index (κ2) is 7.35. The van der Waals surface area contributed by atoms with Crippen LogP contribution in [0.2, 0.25) is 0 Å². The summed E-state index contributed by atoms with van der Waals surface area (Å²) in [6, 6.07) is 9.53. The number of aromatic nitrogens is 6. The third-order valence-electron chi connectivity index (χ3n) is 5.50. The number of rotatable bonds is 4. The van der Waals surface area contributed by atoms with Gasteiger partial charge in [0.15, 0.2) is 5.82 Å². The van der Waals surface area contributed by atoms with Gasteiger partial charge in [0, 0.05) is 38.2 Å². The molecule has 0 saturated carbocycles. The van der Waals surface area contributed by atoms with E-state index in [-0.39, 0.29) is 11.9 Å². The summed E-state index contributed by atoms with van der Waals surface area (Å²) in [4.78, 5) is 30.6. The van der Waals surface area contributed by atoms with Crippen LogP contribution in [-0.2, 0) is 11.8 Å². The summed E-state index contributed by atoms with van der Waals surface area (Å²) < 4.78 is 3.57. The van der Waals surface area contributed by atoms with Crippen LogP contribution in [0.25, 0.3) is 17.3 Å². The lowest BCUT2D eigenvalue weighted by atomic mass is 10.1. The zero-order chi connectivity index (χ0) is 21.5. The first-order valence-electron chi connectivity index (χ1n) is 10.1. The van der Waals surface area contributed by atoms with Crippen LogP contribution in [-0.4, -0.2) is 48.3 Å². The highest BCUT2D eigenvalue weighted by Gasteiger charge is 2.38. The maximum Gasteiger partial charge on any atom is 0.250 e. The average Bonchev–Trinajstić information content (AvgIpc) is 3.45. The normalized spacial score (nSPS) is 16.0. The molecule has 4 aromatic rings. The number of fused-ring (bicyclic) bond motifs is 1. The summed E-state index contributed by atoms with van der Waals surface area (Å²) in [5, 5.41) is 4.30. The molecule has 31 heavy (non-hydrogen) atoms. The first-order valence-corrected chi connectivity index (χ1v) is 10.1. The van der Waals surface area contributed by atoms with Crippen LogP contribution in [0, 0.1) is 0 Å².